The SMILES string of the molecule is CC1(C)C(=O)N(c2ccc(C#N)c(C(F)(F)F)c2)C(=S)N1c1ccc(OCCC2CCN(CC(=O)Nc3cccc(NC4CCC(=O)NC4=O)c3)CC2)c(F)c1. The van der Waals surface area contributed by atoms with Crippen LogP contribution in [0.2, 0.25) is 0 Å². The first kappa shape index (κ1) is 40.1. The number of hydrogen-bond donors (Lipinski definition) is 3. The minimum Gasteiger partial charge on any atom is -0.491 e. The molecular weight excluding hydrogens is 755 g/mol. The van der Waals surface area contributed by atoms with Gasteiger partial charge >= 0.3 is 6.18 Å². The molecule has 12 nitrogen and oxygen atoms in total. The van der Waals surface area contributed by atoms with Crippen LogP contribution in [0.1, 0.15) is 57.1 Å². The molecule has 3 aliphatic rings. The summed E-state index contributed by atoms with van der Waals surface area (Å²) in [5.41, 5.74) is -1.91. The number of carbonyl (C=O) groups excluding carboxylic acids is 4. The number of anilines is 4. The first-order chi connectivity index (χ1) is 26.5. The van der Waals surface area contributed by atoms with E-state index in [1.807, 2.05) is 0 Å². The second kappa shape index (κ2) is 16.2. The lowest BCUT2D eigenvalue weighted by Crippen LogP contribution is -2.47. The summed E-state index contributed by atoms with van der Waals surface area (Å²) < 4.78 is 62.2. The van der Waals surface area contributed by atoms with E-state index >= 15 is 4.39 Å². The van der Waals surface area contributed by atoms with Gasteiger partial charge in [0.2, 0.25) is 17.7 Å². The number of nitriles is 1. The van der Waals surface area contributed by atoms with E-state index in [1.54, 1.807) is 24.3 Å². The second-order valence-corrected chi connectivity index (χ2v) is 14.8. The average molecular weight is 794 g/mol. The molecule has 3 heterocycles. The highest BCUT2D eigenvalue weighted by Gasteiger charge is 2.51. The normalized spacial score (nSPS) is 19.1. The highest BCUT2D eigenvalue weighted by Crippen LogP contribution is 2.40. The van der Waals surface area contributed by atoms with Gasteiger partial charge in [0.15, 0.2) is 16.7 Å². The van der Waals surface area contributed by atoms with Gasteiger partial charge in [-0.3, -0.25) is 34.3 Å². The molecule has 0 bridgehead atoms. The van der Waals surface area contributed by atoms with Gasteiger partial charge in [-0.2, -0.15) is 18.4 Å². The Kier molecular flexibility index (Phi) is 11.6. The number of hydrogen-bond acceptors (Lipinski definition) is 9. The average Bonchev–Trinajstić information content (AvgIpc) is 3.32. The van der Waals surface area contributed by atoms with E-state index in [0.29, 0.717) is 49.3 Å². The second-order valence-electron chi connectivity index (χ2n) is 14.4. The van der Waals surface area contributed by atoms with E-state index in [0.717, 1.165) is 29.9 Å². The van der Waals surface area contributed by atoms with Gasteiger partial charge in [0.1, 0.15) is 11.6 Å². The van der Waals surface area contributed by atoms with Crippen LogP contribution in [0.4, 0.5) is 40.3 Å². The Hall–Kier alpha value is -5.60. The lowest BCUT2D eigenvalue weighted by molar-refractivity contribution is -0.138. The Morgan fingerprint density at radius 3 is 2.41 bits per heavy atom. The fourth-order valence-electron chi connectivity index (χ4n) is 7.10. The Labute approximate surface area is 325 Å². The van der Waals surface area contributed by atoms with Crippen molar-refractivity contribution in [2.75, 3.05) is 46.7 Å². The van der Waals surface area contributed by atoms with Crippen molar-refractivity contribution in [3.05, 3.63) is 77.6 Å². The van der Waals surface area contributed by atoms with Crippen molar-refractivity contribution in [1.82, 2.24) is 10.2 Å². The third kappa shape index (κ3) is 8.76. The molecule has 3 saturated heterocycles. The number of alkyl halides is 3. The number of carbonyl (C=O) groups is 4. The number of thiocarbonyl (C=S) groups is 1. The van der Waals surface area contributed by atoms with Gasteiger partial charge in [-0.1, -0.05) is 6.07 Å². The summed E-state index contributed by atoms with van der Waals surface area (Å²) in [7, 11) is 0. The summed E-state index contributed by atoms with van der Waals surface area (Å²) >= 11 is 5.55. The third-order valence-corrected chi connectivity index (χ3v) is 10.5. The molecule has 0 spiro atoms. The van der Waals surface area contributed by atoms with Crippen molar-refractivity contribution in [2.45, 2.75) is 63.7 Å². The predicted molar refractivity (Wildman–Crippen MR) is 203 cm³/mol. The van der Waals surface area contributed by atoms with Crippen LogP contribution in [-0.4, -0.2) is 71.5 Å². The maximum Gasteiger partial charge on any atom is 0.417 e. The van der Waals surface area contributed by atoms with Crippen molar-refractivity contribution in [2.24, 2.45) is 5.92 Å². The maximum atomic E-state index is 15.4. The van der Waals surface area contributed by atoms with Gasteiger partial charge in [0.25, 0.3) is 5.91 Å². The molecule has 0 radical (unpaired) electrons. The summed E-state index contributed by atoms with van der Waals surface area (Å²) in [6, 6.07) is 15.0. The van der Waals surface area contributed by atoms with Gasteiger partial charge in [-0.15, -0.1) is 0 Å². The fourth-order valence-corrected chi connectivity index (χ4v) is 7.62. The van der Waals surface area contributed by atoms with Crippen LogP contribution in [-0.2, 0) is 25.4 Å². The Balaban J connectivity index is 0.976. The molecule has 56 heavy (non-hydrogen) atoms. The molecule has 3 fully saturated rings. The maximum absolute atomic E-state index is 15.4. The van der Waals surface area contributed by atoms with Crippen LogP contribution in [0.15, 0.2) is 60.7 Å². The Bertz CT molecular complexity index is 2100. The van der Waals surface area contributed by atoms with Crippen molar-refractivity contribution in [3.63, 3.8) is 0 Å². The molecule has 3 aromatic rings. The van der Waals surface area contributed by atoms with Gasteiger partial charge in [0.05, 0.1) is 36.0 Å². The van der Waals surface area contributed by atoms with E-state index in [4.69, 9.17) is 22.2 Å². The van der Waals surface area contributed by atoms with E-state index in [9.17, 15) is 32.3 Å². The minimum absolute atomic E-state index is 0.00718. The number of benzene rings is 3. The number of imide groups is 1. The molecule has 6 rings (SSSR count). The summed E-state index contributed by atoms with van der Waals surface area (Å²) in [4.78, 5) is 54.2. The van der Waals surface area contributed by atoms with Crippen LogP contribution >= 0.6 is 12.2 Å². The largest absolute Gasteiger partial charge is 0.491 e. The number of rotatable bonds is 11. The smallest absolute Gasteiger partial charge is 0.417 e. The van der Waals surface area contributed by atoms with Gasteiger partial charge in [-0.25, -0.2) is 4.39 Å². The lowest BCUT2D eigenvalue weighted by Gasteiger charge is -2.31. The number of amides is 4. The van der Waals surface area contributed by atoms with E-state index in [-0.39, 0.29) is 59.5 Å². The Morgan fingerprint density at radius 1 is 1.02 bits per heavy atom. The minimum atomic E-state index is -4.84. The molecule has 294 valence electrons. The molecule has 0 aliphatic carbocycles. The molecule has 1 atom stereocenters. The first-order valence-corrected chi connectivity index (χ1v) is 18.4. The molecule has 3 aliphatic heterocycles. The number of nitrogens with one attached hydrogen (secondary N) is 3. The number of ether oxygens (including phenoxy) is 1. The quantitative estimate of drug-likeness (QED) is 0.121. The van der Waals surface area contributed by atoms with Crippen LogP contribution in [0, 0.1) is 23.1 Å². The molecule has 3 aromatic carbocycles. The highest BCUT2D eigenvalue weighted by molar-refractivity contribution is 7.81. The summed E-state index contributed by atoms with van der Waals surface area (Å²) in [6.07, 6.45) is -1.91. The van der Waals surface area contributed by atoms with Crippen molar-refractivity contribution in [1.29, 1.82) is 5.26 Å². The van der Waals surface area contributed by atoms with Crippen molar-refractivity contribution >= 4 is 63.7 Å². The van der Waals surface area contributed by atoms with E-state index < -0.39 is 40.6 Å². The molecular formula is C39H39F4N7O5S. The molecule has 17 heteroatoms. The summed E-state index contributed by atoms with van der Waals surface area (Å²) in [6.45, 7) is 4.89. The van der Waals surface area contributed by atoms with Crippen LogP contribution in [0.5, 0.6) is 5.75 Å². The number of piperidine rings is 2. The summed E-state index contributed by atoms with van der Waals surface area (Å²) in [5.74, 6) is -1.89. The fraction of sp³-hybridized carbons (Fsp3) is 0.385. The number of likely N-dealkylation sites (tertiary alicyclic amines) is 1. The van der Waals surface area contributed by atoms with Crippen molar-refractivity contribution < 1.29 is 41.5 Å². The Morgan fingerprint density at radius 2 is 1.73 bits per heavy atom. The third-order valence-electron chi connectivity index (χ3n) is 10.1. The number of halogens is 4. The van der Waals surface area contributed by atoms with Gasteiger partial charge in [0, 0.05) is 29.5 Å². The predicted octanol–water partition coefficient (Wildman–Crippen LogP) is 5.97. The van der Waals surface area contributed by atoms with E-state index in [1.165, 1.54) is 43.0 Å². The molecule has 0 aromatic heterocycles. The topological polar surface area (TPSA) is 147 Å². The molecule has 4 amide bonds. The zero-order valence-corrected chi connectivity index (χ0v) is 31.4. The van der Waals surface area contributed by atoms with Crippen LogP contribution in [0.3, 0.4) is 0 Å². The molecule has 1 unspecified atom stereocenters. The standard InChI is InChI=1S/C39H39F4N7O5S/c1-38(2)36(54)49(27-7-6-24(21-44)29(19-27)39(41,42)43)37(56)50(38)28-8-10-32(30(40)20-28)55-17-14-23-12-15-48(16-13-23)22-34(52)46-26-5-3-4-25(18-26)45-31-9-11-33(51)47-35(31)53/h3-8,10,18-20,23,31,45H,9,11-17,22H2,1-2H3,(H,46,52)(H,47,51,53). The van der Waals surface area contributed by atoms with Crippen molar-refractivity contribution in [3.8, 4) is 11.8 Å². The monoisotopic (exact) mass is 793 g/mol. The summed E-state index contributed by atoms with van der Waals surface area (Å²) in [5, 5.41) is 17.3. The number of nitrogens with zero attached hydrogens (tertiary/aromatic N) is 4. The van der Waals surface area contributed by atoms with Gasteiger partial charge in [-0.05, 0) is 119 Å². The molecule has 3 N–H and O–H groups in total. The zero-order chi connectivity index (χ0) is 40.4. The van der Waals surface area contributed by atoms with E-state index in [2.05, 4.69) is 20.9 Å². The van der Waals surface area contributed by atoms with Crippen LogP contribution in [0.25, 0.3) is 0 Å². The first-order valence-electron chi connectivity index (χ1n) is 18.0. The lowest BCUT2D eigenvalue weighted by atomic mass is 9.94. The van der Waals surface area contributed by atoms with Crippen LogP contribution < -0.4 is 30.5 Å². The molecule has 0 saturated carbocycles. The highest BCUT2D eigenvalue weighted by atomic mass is 32.1. The van der Waals surface area contributed by atoms with Gasteiger partial charge < -0.3 is 20.3 Å². The zero-order valence-electron chi connectivity index (χ0n) is 30.5.